The van der Waals surface area contributed by atoms with Crippen molar-refractivity contribution in [3.05, 3.63) is 29.3 Å². The van der Waals surface area contributed by atoms with E-state index >= 15 is 0 Å². The van der Waals surface area contributed by atoms with Gasteiger partial charge in [-0.05, 0) is 31.9 Å². The number of amidine groups is 1. The van der Waals surface area contributed by atoms with Crippen LogP contribution in [0.25, 0.3) is 0 Å². The maximum absolute atomic E-state index is 8.65. The van der Waals surface area contributed by atoms with Gasteiger partial charge in [-0.15, -0.1) is 0 Å². The molecule has 1 unspecified atom stereocenters. The summed E-state index contributed by atoms with van der Waals surface area (Å²) < 4.78 is 0. The molecule has 4 nitrogen and oxygen atoms in total. The molecule has 1 rings (SSSR count). The molecule has 0 radical (unpaired) electrons. The summed E-state index contributed by atoms with van der Waals surface area (Å²) in [5, 5.41) is 14.9. The second kappa shape index (κ2) is 5.39. The lowest BCUT2D eigenvalue weighted by Crippen LogP contribution is -2.35. The van der Waals surface area contributed by atoms with Gasteiger partial charge in [0.05, 0.1) is 6.04 Å². The summed E-state index contributed by atoms with van der Waals surface area (Å²) in [6.07, 6.45) is 0.767. The van der Waals surface area contributed by atoms with Crippen LogP contribution < -0.4 is 11.1 Å². The van der Waals surface area contributed by atoms with Gasteiger partial charge in [-0.1, -0.05) is 29.8 Å². The molecule has 0 aromatic heterocycles. The second-order valence-corrected chi connectivity index (χ2v) is 3.95. The largest absolute Gasteiger partial charge is 0.409 e. The SMILES string of the molecule is CCC(Nc1ccc(C)cc1C)C(N)=NO. The Kier molecular flexibility index (Phi) is 4.17. The number of hydrogen-bond acceptors (Lipinski definition) is 3. The molecule has 0 amide bonds. The van der Waals surface area contributed by atoms with Gasteiger partial charge in [-0.2, -0.15) is 0 Å². The van der Waals surface area contributed by atoms with E-state index in [4.69, 9.17) is 10.9 Å². The van der Waals surface area contributed by atoms with Crippen molar-refractivity contribution in [2.75, 3.05) is 5.32 Å². The van der Waals surface area contributed by atoms with Crippen LogP contribution >= 0.6 is 0 Å². The molecule has 0 bridgehead atoms. The Balaban J connectivity index is 2.86. The molecular formula is C12H19N3O. The Morgan fingerprint density at radius 1 is 1.50 bits per heavy atom. The molecule has 0 saturated carbocycles. The molecule has 0 aliphatic rings. The van der Waals surface area contributed by atoms with Crippen LogP contribution in [0, 0.1) is 13.8 Å². The molecule has 16 heavy (non-hydrogen) atoms. The Morgan fingerprint density at radius 3 is 2.69 bits per heavy atom. The van der Waals surface area contributed by atoms with E-state index in [1.165, 1.54) is 5.56 Å². The summed E-state index contributed by atoms with van der Waals surface area (Å²) in [6, 6.07) is 6.01. The summed E-state index contributed by atoms with van der Waals surface area (Å²) in [5.74, 6) is 0.211. The fourth-order valence-corrected chi connectivity index (χ4v) is 1.62. The number of nitrogens with one attached hydrogen (secondary N) is 1. The number of hydrogen-bond donors (Lipinski definition) is 3. The van der Waals surface area contributed by atoms with Crippen LogP contribution in [-0.4, -0.2) is 17.1 Å². The van der Waals surface area contributed by atoms with Crippen LogP contribution in [0.5, 0.6) is 0 Å². The van der Waals surface area contributed by atoms with Crippen LogP contribution in [0.2, 0.25) is 0 Å². The lowest BCUT2D eigenvalue weighted by molar-refractivity contribution is 0.316. The first-order valence-corrected chi connectivity index (χ1v) is 5.39. The van der Waals surface area contributed by atoms with Crippen LogP contribution in [0.1, 0.15) is 24.5 Å². The van der Waals surface area contributed by atoms with Crippen LogP contribution in [0.15, 0.2) is 23.4 Å². The molecule has 1 aromatic carbocycles. The average Bonchev–Trinajstić information content (AvgIpc) is 2.27. The molecule has 0 aliphatic heterocycles. The molecule has 0 spiro atoms. The fourth-order valence-electron chi connectivity index (χ4n) is 1.62. The molecule has 1 aromatic rings. The van der Waals surface area contributed by atoms with Gasteiger partial charge in [-0.3, -0.25) is 0 Å². The van der Waals surface area contributed by atoms with Crippen LogP contribution in [0.4, 0.5) is 5.69 Å². The van der Waals surface area contributed by atoms with E-state index in [0.29, 0.717) is 0 Å². The van der Waals surface area contributed by atoms with Gasteiger partial charge in [0, 0.05) is 5.69 Å². The number of oxime groups is 1. The summed E-state index contributed by atoms with van der Waals surface area (Å²) in [6.45, 7) is 6.07. The van der Waals surface area contributed by atoms with Crippen molar-refractivity contribution in [1.82, 2.24) is 0 Å². The third-order valence-corrected chi connectivity index (χ3v) is 2.59. The highest BCUT2D eigenvalue weighted by Crippen LogP contribution is 2.17. The van der Waals surface area contributed by atoms with Gasteiger partial charge in [0.1, 0.15) is 0 Å². The fraction of sp³-hybridized carbons (Fsp3) is 0.417. The number of benzene rings is 1. The monoisotopic (exact) mass is 221 g/mol. The number of nitrogens with zero attached hydrogens (tertiary/aromatic N) is 1. The van der Waals surface area contributed by atoms with Gasteiger partial charge in [0.25, 0.3) is 0 Å². The van der Waals surface area contributed by atoms with Crippen molar-refractivity contribution < 1.29 is 5.21 Å². The summed E-state index contributed by atoms with van der Waals surface area (Å²) in [4.78, 5) is 0. The third-order valence-electron chi connectivity index (χ3n) is 2.59. The molecule has 0 aliphatic carbocycles. The number of aryl methyl sites for hydroxylation is 2. The van der Waals surface area contributed by atoms with Crippen molar-refractivity contribution in [1.29, 1.82) is 0 Å². The first-order valence-electron chi connectivity index (χ1n) is 5.39. The lowest BCUT2D eigenvalue weighted by atomic mass is 10.1. The maximum atomic E-state index is 8.65. The zero-order chi connectivity index (χ0) is 12.1. The molecular weight excluding hydrogens is 202 g/mol. The van der Waals surface area contributed by atoms with Crippen molar-refractivity contribution >= 4 is 11.5 Å². The molecule has 0 fully saturated rings. The number of nitrogens with two attached hydrogens (primary N) is 1. The van der Waals surface area contributed by atoms with Gasteiger partial charge in [-0.25, -0.2) is 0 Å². The molecule has 0 heterocycles. The first-order chi connectivity index (χ1) is 7.58. The highest BCUT2D eigenvalue weighted by Gasteiger charge is 2.12. The maximum Gasteiger partial charge on any atom is 0.161 e. The van der Waals surface area contributed by atoms with E-state index in [-0.39, 0.29) is 11.9 Å². The van der Waals surface area contributed by atoms with Crippen molar-refractivity contribution in [2.45, 2.75) is 33.2 Å². The predicted octanol–water partition coefficient (Wildman–Crippen LogP) is 2.24. The number of anilines is 1. The minimum Gasteiger partial charge on any atom is -0.409 e. The van der Waals surface area contributed by atoms with E-state index in [0.717, 1.165) is 17.7 Å². The van der Waals surface area contributed by atoms with Gasteiger partial charge >= 0.3 is 0 Å². The summed E-state index contributed by atoms with van der Waals surface area (Å²) in [7, 11) is 0. The van der Waals surface area contributed by atoms with Crippen molar-refractivity contribution in [2.24, 2.45) is 10.9 Å². The zero-order valence-corrected chi connectivity index (χ0v) is 9.99. The Labute approximate surface area is 96.2 Å². The summed E-state index contributed by atoms with van der Waals surface area (Å²) in [5.41, 5.74) is 8.99. The van der Waals surface area contributed by atoms with E-state index < -0.39 is 0 Å². The highest BCUT2D eigenvalue weighted by atomic mass is 16.4. The third kappa shape index (κ3) is 2.89. The van der Waals surface area contributed by atoms with Crippen LogP contribution in [-0.2, 0) is 0 Å². The van der Waals surface area contributed by atoms with Crippen LogP contribution in [0.3, 0.4) is 0 Å². The zero-order valence-electron chi connectivity index (χ0n) is 9.99. The molecule has 4 N–H and O–H groups in total. The normalized spacial score (nSPS) is 13.6. The smallest absolute Gasteiger partial charge is 0.161 e. The highest BCUT2D eigenvalue weighted by molar-refractivity contribution is 5.87. The summed E-state index contributed by atoms with van der Waals surface area (Å²) >= 11 is 0. The number of rotatable bonds is 4. The minimum atomic E-state index is -0.133. The van der Waals surface area contributed by atoms with Gasteiger partial charge in [0.2, 0.25) is 0 Å². The minimum absolute atomic E-state index is 0.133. The lowest BCUT2D eigenvalue weighted by Gasteiger charge is -2.18. The molecule has 0 saturated heterocycles. The quantitative estimate of drug-likeness (QED) is 0.316. The van der Waals surface area contributed by atoms with E-state index in [1.807, 2.05) is 26.0 Å². The molecule has 1 atom stereocenters. The Morgan fingerprint density at radius 2 is 2.19 bits per heavy atom. The van der Waals surface area contributed by atoms with E-state index in [2.05, 4.69) is 23.5 Å². The topological polar surface area (TPSA) is 70.6 Å². The van der Waals surface area contributed by atoms with Gasteiger partial charge < -0.3 is 16.3 Å². The van der Waals surface area contributed by atoms with E-state index in [9.17, 15) is 0 Å². The first kappa shape index (κ1) is 12.4. The van der Waals surface area contributed by atoms with Crippen molar-refractivity contribution in [3.8, 4) is 0 Å². The van der Waals surface area contributed by atoms with Gasteiger partial charge in [0.15, 0.2) is 5.84 Å². The standard InChI is InChI=1S/C12H19N3O/c1-4-10(12(13)15-16)14-11-6-5-8(2)7-9(11)3/h5-7,10,14,16H,4H2,1-3H3,(H2,13,15). The Hall–Kier alpha value is -1.71. The molecule has 88 valence electrons. The van der Waals surface area contributed by atoms with Crippen molar-refractivity contribution in [3.63, 3.8) is 0 Å². The van der Waals surface area contributed by atoms with E-state index in [1.54, 1.807) is 0 Å². The molecule has 4 heteroatoms. The predicted molar refractivity (Wildman–Crippen MR) is 67.0 cm³/mol. The second-order valence-electron chi connectivity index (χ2n) is 3.95. The Bertz CT molecular complexity index is 388. The average molecular weight is 221 g/mol.